The number of halogens is 4. The maximum absolute atomic E-state index is 15.1. The molecule has 3 aromatic rings. The molecule has 0 aliphatic carbocycles. The number of rotatable bonds is 8. The molecular formula is C27H28ClF3O2. The summed E-state index contributed by atoms with van der Waals surface area (Å²) in [5.74, 6) is -1.51. The predicted molar refractivity (Wildman–Crippen MR) is 125 cm³/mol. The third kappa shape index (κ3) is 5.71. The molecule has 0 bridgehead atoms. The van der Waals surface area contributed by atoms with E-state index < -0.39 is 22.9 Å². The van der Waals surface area contributed by atoms with Crippen LogP contribution in [0.15, 0.2) is 42.5 Å². The van der Waals surface area contributed by atoms with Gasteiger partial charge in [0.15, 0.2) is 6.29 Å². The van der Waals surface area contributed by atoms with Gasteiger partial charge in [-0.25, -0.2) is 13.2 Å². The summed E-state index contributed by atoms with van der Waals surface area (Å²) >= 11 is 5.53. The van der Waals surface area contributed by atoms with Crippen LogP contribution in [-0.4, -0.2) is 13.2 Å². The molecule has 0 atom stereocenters. The summed E-state index contributed by atoms with van der Waals surface area (Å²) in [6.07, 6.45) is 4.91. The highest BCUT2D eigenvalue weighted by Gasteiger charge is 2.23. The first kappa shape index (κ1) is 24.1. The maximum atomic E-state index is 15.1. The summed E-state index contributed by atoms with van der Waals surface area (Å²) in [7, 11) is 0. The molecule has 6 heteroatoms. The summed E-state index contributed by atoms with van der Waals surface area (Å²) in [6, 6.07) is 11.4. The lowest BCUT2D eigenvalue weighted by Crippen LogP contribution is -2.27. The van der Waals surface area contributed by atoms with Gasteiger partial charge in [-0.15, -0.1) is 0 Å². The third-order valence-electron chi connectivity index (χ3n) is 6.24. The Balaban J connectivity index is 1.42. The van der Waals surface area contributed by atoms with E-state index in [-0.39, 0.29) is 5.82 Å². The smallest absolute Gasteiger partial charge is 0.183 e. The summed E-state index contributed by atoms with van der Waals surface area (Å²) in [5.41, 5.74) is 1.80. The van der Waals surface area contributed by atoms with E-state index in [0.717, 1.165) is 17.4 Å². The fraction of sp³-hybridized carbons (Fsp3) is 0.407. The van der Waals surface area contributed by atoms with Crippen LogP contribution in [0, 0.1) is 23.4 Å². The molecule has 1 aliphatic heterocycles. The van der Waals surface area contributed by atoms with Crippen LogP contribution >= 0.6 is 11.6 Å². The third-order valence-corrected chi connectivity index (χ3v) is 6.60. The van der Waals surface area contributed by atoms with Gasteiger partial charge in [0.05, 0.1) is 13.2 Å². The minimum Gasteiger partial charge on any atom is -0.348 e. The van der Waals surface area contributed by atoms with Crippen molar-refractivity contribution in [3.63, 3.8) is 0 Å². The molecule has 176 valence electrons. The lowest BCUT2D eigenvalue weighted by molar-refractivity contribution is -0.206. The van der Waals surface area contributed by atoms with Crippen molar-refractivity contribution in [2.75, 3.05) is 13.2 Å². The molecular weight excluding hydrogens is 449 g/mol. The lowest BCUT2D eigenvalue weighted by atomic mass is 9.98. The van der Waals surface area contributed by atoms with E-state index in [4.69, 9.17) is 21.1 Å². The SMILES string of the molecule is CCCCCC1COC(c2ccc3c(F)c(CCc4cc(F)c(Cl)c(F)c4)ccc3c2)OC1. The van der Waals surface area contributed by atoms with Crippen LogP contribution < -0.4 is 0 Å². The Bertz CT molecular complexity index is 1090. The van der Waals surface area contributed by atoms with Gasteiger partial charge in [0, 0.05) is 16.9 Å². The molecule has 3 aromatic carbocycles. The van der Waals surface area contributed by atoms with Crippen molar-refractivity contribution in [1.82, 2.24) is 0 Å². The van der Waals surface area contributed by atoms with Crippen molar-refractivity contribution in [3.05, 3.63) is 81.6 Å². The van der Waals surface area contributed by atoms with Crippen LogP contribution in [0.2, 0.25) is 5.02 Å². The Hall–Kier alpha value is -2.08. The fourth-order valence-electron chi connectivity index (χ4n) is 4.31. The zero-order valence-corrected chi connectivity index (χ0v) is 19.4. The van der Waals surface area contributed by atoms with Crippen molar-refractivity contribution >= 4 is 22.4 Å². The second-order valence-corrected chi connectivity index (χ2v) is 9.13. The molecule has 0 amide bonds. The van der Waals surface area contributed by atoms with Gasteiger partial charge in [0.25, 0.3) is 0 Å². The van der Waals surface area contributed by atoms with Gasteiger partial charge in [-0.2, -0.15) is 0 Å². The lowest BCUT2D eigenvalue weighted by Gasteiger charge is -2.29. The van der Waals surface area contributed by atoms with Crippen molar-refractivity contribution in [2.45, 2.75) is 51.7 Å². The van der Waals surface area contributed by atoms with Crippen LogP contribution in [0.25, 0.3) is 10.8 Å². The summed E-state index contributed by atoms with van der Waals surface area (Å²) < 4.78 is 54.4. The molecule has 1 heterocycles. The van der Waals surface area contributed by atoms with Gasteiger partial charge in [-0.3, -0.25) is 0 Å². The van der Waals surface area contributed by atoms with Crippen LogP contribution in [0.5, 0.6) is 0 Å². The number of hydrogen-bond donors (Lipinski definition) is 0. The van der Waals surface area contributed by atoms with Crippen molar-refractivity contribution < 1.29 is 22.6 Å². The van der Waals surface area contributed by atoms with E-state index >= 15 is 4.39 Å². The Morgan fingerprint density at radius 3 is 2.33 bits per heavy atom. The quantitative estimate of drug-likeness (QED) is 0.242. The van der Waals surface area contributed by atoms with Crippen LogP contribution in [0.1, 0.15) is 55.6 Å². The molecule has 0 radical (unpaired) electrons. The number of benzene rings is 3. The van der Waals surface area contributed by atoms with Crippen molar-refractivity contribution in [2.24, 2.45) is 5.92 Å². The highest BCUT2D eigenvalue weighted by molar-refractivity contribution is 6.30. The number of fused-ring (bicyclic) bond motifs is 1. The van der Waals surface area contributed by atoms with Gasteiger partial charge in [0.2, 0.25) is 0 Å². The number of ether oxygens (including phenoxy) is 2. The van der Waals surface area contributed by atoms with Gasteiger partial charge >= 0.3 is 0 Å². The zero-order chi connectivity index (χ0) is 23.4. The molecule has 1 saturated heterocycles. The average Bonchev–Trinajstić information content (AvgIpc) is 2.82. The molecule has 1 fully saturated rings. The molecule has 1 aliphatic rings. The highest BCUT2D eigenvalue weighted by atomic mass is 35.5. The number of aryl methyl sites for hydroxylation is 2. The summed E-state index contributed by atoms with van der Waals surface area (Å²) in [5, 5.41) is 0.733. The monoisotopic (exact) mass is 476 g/mol. The van der Waals surface area contributed by atoms with Gasteiger partial charge in [-0.05, 0) is 54.0 Å². The van der Waals surface area contributed by atoms with Gasteiger partial charge < -0.3 is 9.47 Å². The topological polar surface area (TPSA) is 18.5 Å². The highest BCUT2D eigenvalue weighted by Crippen LogP contribution is 2.31. The van der Waals surface area contributed by atoms with Crippen LogP contribution in [0.3, 0.4) is 0 Å². The minimum absolute atomic E-state index is 0.300. The Morgan fingerprint density at radius 2 is 1.64 bits per heavy atom. The molecule has 33 heavy (non-hydrogen) atoms. The number of hydrogen-bond acceptors (Lipinski definition) is 2. The standard InChI is InChI=1S/C27H28ClF3O2/c1-2-3-4-5-18-15-32-27(33-16-18)21-10-11-22-20(14-21)9-8-19(26(22)31)7-6-17-12-23(29)25(28)24(30)13-17/h8-14,18,27H,2-7,15-16H2,1H3. The van der Waals surface area contributed by atoms with E-state index in [1.54, 1.807) is 12.1 Å². The first-order valence-electron chi connectivity index (χ1n) is 11.5. The largest absolute Gasteiger partial charge is 0.348 e. The first-order valence-corrected chi connectivity index (χ1v) is 11.9. The van der Waals surface area contributed by atoms with E-state index in [1.165, 1.54) is 31.4 Å². The first-order chi connectivity index (χ1) is 16.0. The number of unbranched alkanes of at least 4 members (excludes halogenated alkanes) is 2. The zero-order valence-electron chi connectivity index (χ0n) is 18.7. The van der Waals surface area contributed by atoms with Crippen molar-refractivity contribution in [3.8, 4) is 0 Å². The maximum Gasteiger partial charge on any atom is 0.183 e. The van der Waals surface area contributed by atoms with Crippen LogP contribution in [0.4, 0.5) is 13.2 Å². The molecule has 0 N–H and O–H groups in total. The molecule has 2 nitrogen and oxygen atoms in total. The summed E-state index contributed by atoms with van der Waals surface area (Å²) in [4.78, 5) is 0. The van der Waals surface area contributed by atoms with Gasteiger partial charge in [0.1, 0.15) is 22.5 Å². The Kier molecular flexibility index (Phi) is 7.94. The van der Waals surface area contributed by atoms with Crippen molar-refractivity contribution in [1.29, 1.82) is 0 Å². The average molecular weight is 477 g/mol. The predicted octanol–water partition coefficient (Wildman–Crippen LogP) is 7.94. The fourth-order valence-corrected chi connectivity index (χ4v) is 4.42. The Morgan fingerprint density at radius 1 is 0.909 bits per heavy atom. The molecule has 0 unspecified atom stereocenters. The second kappa shape index (κ2) is 10.9. The minimum atomic E-state index is -0.808. The Labute approximate surface area is 197 Å². The summed E-state index contributed by atoms with van der Waals surface area (Å²) in [6.45, 7) is 3.54. The normalized spacial score (nSPS) is 18.7. The van der Waals surface area contributed by atoms with Gasteiger partial charge in [-0.1, -0.05) is 62.1 Å². The molecule has 0 saturated carbocycles. The molecule has 0 aromatic heterocycles. The molecule has 0 spiro atoms. The second-order valence-electron chi connectivity index (χ2n) is 8.75. The van der Waals surface area contributed by atoms with E-state index in [1.807, 2.05) is 18.2 Å². The molecule has 4 rings (SSSR count). The van der Waals surface area contributed by atoms with E-state index in [9.17, 15) is 8.78 Å². The van der Waals surface area contributed by atoms with E-state index in [2.05, 4.69) is 6.92 Å². The van der Waals surface area contributed by atoms with Crippen LogP contribution in [-0.2, 0) is 22.3 Å². The van der Waals surface area contributed by atoms with E-state index in [0.29, 0.717) is 48.5 Å².